The molecule has 1 aliphatic carbocycles. The van der Waals surface area contributed by atoms with Crippen molar-refractivity contribution in [3.63, 3.8) is 0 Å². The zero-order valence-corrected chi connectivity index (χ0v) is 17.6. The topological polar surface area (TPSA) is 105 Å². The minimum Gasteiger partial charge on any atom is -0.354 e. The first-order valence-corrected chi connectivity index (χ1v) is 10.4. The number of fused-ring (bicyclic) bond motifs is 1. The summed E-state index contributed by atoms with van der Waals surface area (Å²) in [4.78, 5) is 28.9. The third-order valence-electron chi connectivity index (χ3n) is 4.93. The van der Waals surface area contributed by atoms with E-state index in [0.29, 0.717) is 22.8 Å². The molecule has 8 nitrogen and oxygen atoms in total. The molecule has 0 saturated heterocycles. The molecule has 0 unspecified atom stereocenters. The van der Waals surface area contributed by atoms with Gasteiger partial charge in [0.15, 0.2) is 5.82 Å². The molecule has 3 aromatic rings. The Balaban J connectivity index is 1.49. The lowest BCUT2D eigenvalue weighted by Crippen LogP contribution is -2.39. The third-order valence-corrected chi connectivity index (χ3v) is 5.43. The van der Waals surface area contributed by atoms with E-state index in [-0.39, 0.29) is 18.0 Å². The highest BCUT2D eigenvalue weighted by molar-refractivity contribution is 9.10. The van der Waals surface area contributed by atoms with Crippen LogP contribution in [0, 0.1) is 0 Å². The van der Waals surface area contributed by atoms with Gasteiger partial charge in [-0.2, -0.15) is 0 Å². The fraction of sp³-hybridized carbons (Fsp3) is 0.350. The SMILES string of the molecule is CC(=O)N[C@H]1CC[C@H](Nc2ncc3ncnc(Nc4cccc(Br)c4)c3n2)CC1. The highest BCUT2D eigenvalue weighted by Crippen LogP contribution is 2.25. The van der Waals surface area contributed by atoms with Crippen LogP contribution in [0.15, 0.2) is 41.3 Å². The molecule has 0 bridgehead atoms. The van der Waals surface area contributed by atoms with Crippen LogP contribution in [0.3, 0.4) is 0 Å². The van der Waals surface area contributed by atoms with Crippen molar-refractivity contribution in [1.82, 2.24) is 25.3 Å². The van der Waals surface area contributed by atoms with E-state index in [1.807, 2.05) is 24.3 Å². The predicted molar refractivity (Wildman–Crippen MR) is 116 cm³/mol. The molecule has 4 rings (SSSR count). The van der Waals surface area contributed by atoms with Crippen molar-refractivity contribution in [2.24, 2.45) is 0 Å². The number of nitrogens with one attached hydrogen (secondary N) is 3. The first-order chi connectivity index (χ1) is 14.1. The van der Waals surface area contributed by atoms with Gasteiger partial charge in [0.1, 0.15) is 17.4 Å². The van der Waals surface area contributed by atoms with Gasteiger partial charge in [0.25, 0.3) is 0 Å². The molecule has 0 atom stereocenters. The highest BCUT2D eigenvalue weighted by Gasteiger charge is 2.22. The lowest BCUT2D eigenvalue weighted by molar-refractivity contribution is -0.119. The molecule has 1 aromatic carbocycles. The van der Waals surface area contributed by atoms with E-state index in [0.717, 1.165) is 35.8 Å². The van der Waals surface area contributed by atoms with Crippen LogP contribution in [0.2, 0.25) is 0 Å². The van der Waals surface area contributed by atoms with E-state index in [1.54, 1.807) is 13.1 Å². The average Bonchev–Trinajstić information content (AvgIpc) is 2.70. The number of anilines is 3. The molecule has 0 radical (unpaired) electrons. The van der Waals surface area contributed by atoms with Crippen LogP contribution in [0.4, 0.5) is 17.5 Å². The molecule has 1 amide bonds. The molecule has 2 heterocycles. The van der Waals surface area contributed by atoms with Crippen molar-refractivity contribution < 1.29 is 4.79 Å². The fourth-order valence-corrected chi connectivity index (χ4v) is 3.97. The van der Waals surface area contributed by atoms with Gasteiger partial charge < -0.3 is 16.0 Å². The summed E-state index contributed by atoms with van der Waals surface area (Å²) in [6, 6.07) is 8.40. The van der Waals surface area contributed by atoms with Gasteiger partial charge in [-0.05, 0) is 43.9 Å². The molecule has 1 saturated carbocycles. The second-order valence-corrected chi connectivity index (χ2v) is 8.09. The van der Waals surface area contributed by atoms with Crippen LogP contribution < -0.4 is 16.0 Å². The standard InChI is InChI=1S/C20H22BrN7O/c1-12(29)25-14-5-7-15(8-6-14)27-20-22-10-17-18(28-20)19(24-11-23-17)26-16-4-2-3-13(21)9-16/h2-4,9-11,14-15H,5-8H2,1H3,(H,25,29)(H,22,27,28)(H,23,24,26)/t14-,15-. The molecule has 0 spiro atoms. The van der Waals surface area contributed by atoms with Crippen molar-refractivity contribution >= 4 is 50.3 Å². The van der Waals surface area contributed by atoms with Crippen molar-refractivity contribution in [3.05, 3.63) is 41.3 Å². The van der Waals surface area contributed by atoms with Crippen LogP contribution in [0.1, 0.15) is 32.6 Å². The number of benzene rings is 1. The van der Waals surface area contributed by atoms with E-state index in [4.69, 9.17) is 0 Å². The fourth-order valence-electron chi connectivity index (χ4n) is 3.57. The average molecular weight is 456 g/mol. The van der Waals surface area contributed by atoms with Crippen LogP contribution in [-0.2, 0) is 4.79 Å². The Bertz CT molecular complexity index is 1020. The molecule has 1 aliphatic rings. The zero-order chi connectivity index (χ0) is 20.2. The summed E-state index contributed by atoms with van der Waals surface area (Å²) >= 11 is 3.48. The molecule has 29 heavy (non-hydrogen) atoms. The van der Waals surface area contributed by atoms with Gasteiger partial charge in [-0.3, -0.25) is 4.79 Å². The lowest BCUT2D eigenvalue weighted by Gasteiger charge is -2.29. The van der Waals surface area contributed by atoms with Crippen molar-refractivity contribution in [1.29, 1.82) is 0 Å². The predicted octanol–water partition coefficient (Wildman–Crippen LogP) is 3.79. The lowest BCUT2D eigenvalue weighted by atomic mass is 9.91. The Morgan fingerprint density at radius 1 is 1.10 bits per heavy atom. The third kappa shape index (κ3) is 4.97. The summed E-state index contributed by atoms with van der Waals surface area (Å²) in [5.74, 6) is 1.23. The molecule has 9 heteroatoms. The Morgan fingerprint density at radius 3 is 2.66 bits per heavy atom. The van der Waals surface area contributed by atoms with Crippen LogP contribution in [0.25, 0.3) is 11.0 Å². The second kappa shape index (κ2) is 8.69. The number of halogens is 1. The van der Waals surface area contributed by atoms with Gasteiger partial charge in [-0.1, -0.05) is 22.0 Å². The van der Waals surface area contributed by atoms with Crippen LogP contribution in [0.5, 0.6) is 0 Å². The number of amides is 1. The monoisotopic (exact) mass is 455 g/mol. The molecular formula is C20H22BrN7O. The number of carbonyl (C=O) groups is 1. The maximum Gasteiger partial charge on any atom is 0.223 e. The number of hydrogen-bond donors (Lipinski definition) is 3. The van der Waals surface area contributed by atoms with E-state index < -0.39 is 0 Å². The summed E-state index contributed by atoms with van der Waals surface area (Å²) in [5, 5.41) is 9.72. The van der Waals surface area contributed by atoms with E-state index in [9.17, 15) is 4.79 Å². The van der Waals surface area contributed by atoms with Crippen molar-refractivity contribution in [2.45, 2.75) is 44.7 Å². The summed E-state index contributed by atoms with van der Waals surface area (Å²) in [6.07, 6.45) is 7.03. The summed E-state index contributed by atoms with van der Waals surface area (Å²) < 4.78 is 0.979. The summed E-state index contributed by atoms with van der Waals surface area (Å²) in [7, 11) is 0. The number of hydrogen-bond acceptors (Lipinski definition) is 7. The number of rotatable bonds is 5. The molecular weight excluding hydrogens is 434 g/mol. The number of nitrogens with zero attached hydrogens (tertiary/aromatic N) is 4. The molecule has 2 aromatic heterocycles. The van der Waals surface area contributed by atoms with Crippen LogP contribution >= 0.6 is 15.9 Å². The van der Waals surface area contributed by atoms with Gasteiger partial charge in [-0.25, -0.2) is 19.9 Å². The first-order valence-electron chi connectivity index (χ1n) is 9.61. The van der Waals surface area contributed by atoms with E-state index >= 15 is 0 Å². The van der Waals surface area contributed by atoms with Crippen molar-refractivity contribution in [2.75, 3.05) is 10.6 Å². The zero-order valence-electron chi connectivity index (χ0n) is 16.0. The molecule has 150 valence electrons. The smallest absolute Gasteiger partial charge is 0.223 e. The second-order valence-electron chi connectivity index (χ2n) is 7.18. The first kappa shape index (κ1) is 19.5. The van der Waals surface area contributed by atoms with Gasteiger partial charge in [0, 0.05) is 29.2 Å². The minimum atomic E-state index is 0.0322. The Morgan fingerprint density at radius 2 is 1.90 bits per heavy atom. The maximum absolute atomic E-state index is 11.2. The van der Waals surface area contributed by atoms with E-state index in [1.165, 1.54) is 6.33 Å². The quantitative estimate of drug-likeness (QED) is 0.537. The summed E-state index contributed by atoms with van der Waals surface area (Å²) in [6.45, 7) is 1.56. The van der Waals surface area contributed by atoms with Crippen molar-refractivity contribution in [3.8, 4) is 0 Å². The summed E-state index contributed by atoms with van der Waals surface area (Å²) in [5.41, 5.74) is 2.25. The van der Waals surface area contributed by atoms with Gasteiger partial charge in [0.05, 0.1) is 6.20 Å². The van der Waals surface area contributed by atoms with Gasteiger partial charge in [-0.15, -0.1) is 0 Å². The normalized spacial score (nSPS) is 19.0. The highest BCUT2D eigenvalue weighted by atomic mass is 79.9. The largest absolute Gasteiger partial charge is 0.354 e. The molecule has 1 fully saturated rings. The Hall–Kier alpha value is -2.81. The molecule has 3 N–H and O–H groups in total. The minimum absolute atomic E-state index is 0.0322. The molecule has 0 aliphatic heterocycles. The number of aromatic nitrogens is 4. The maximum atomic E-state index is 11.2. The Labute approximate surface area is 177 Å². The Kier molecular flexibility index (Phi) is 5.84. The van der Waals surface area contributed by atoms with Gasteiger partial charge in [0.2, 0.25) is 11.9 Å². The van der Waals surface area contributed by atoms with Gasteiger partial charge >= 0.3 is 0 Å². The van der Waals surface area contributed by atoms with E-state index in [2.05, 4.69) is 51.8 Å². The van der Waals surface area contributed by atoms with Crippen LogP contribution in [-0.4, -0.2) is 37.9 Å². The number of carbonyl (C=O) groups excluding carboxylic acids is 1.